The van der Waals surface area contributed by atoms with Gasteiger partial charge in [-0.1, -0.05) is 38.8 Å². The lowest BCUT2D eigenvalue weighted by Crippen LogP contribution is -2.62. The summed E-state index contributed by atoms with van der Waals surface area (Å²) in [6.45, 7) is 9.09. The number of ether oxygens (including phenoxy) is 2. The second-order valence-electron chi connectivity index (χ2n) is 11.0. The van der Waals surface area contributed by atoms with Crippen molar-refractivity contribution in [3.63, 3.8) is 0 Å². The van der Waals surface area contributed by atoms with E-state index in [-0.39, 0.29) is 5.79 Å². The highest BCUT2D eigenvalue weighted by atomic mass is 16.7. The molecule has 0 aromatic heterocycles. The summed E-state index contributed by atoms with van der Waals surface area (Å²) in [5.41, 5.74) is 0.979. The van der Waals surface area contributed by atoms with Crippen molar-refractivity contribution in [1.29, 1.82) is 0 Å². The second kappa shape index (κ2) is 6.59. The maximum atomic E-state index is 6.50. The molecular weight excluding hydrogens is 332 g/mol. The summed E-state index contributed by atoms with van der Waals surface area (Å²) in [4.78, 5) is 0. The Hall–Kier alpha value is -0.340. The molecule has 1 spiro atoms. The first-order valence-electron chi connectivity index (χ1n) is 11.9. The minimum atomic E-state index is -0.240. The van der Waals surface area contributed by atoms with E-state index in [0.717, 1.165) is 36.9 Å². The molecule has 27 heavy (non-hydrogen) atoms. The first kappa shape index (κ1) is 18.7. The van der Waals surface area contributed by atoms with E-state index in [1.54, 1.807) is 0 Å². The topological polar surface area (TPSA) is 18.5 Å². The van der Waals surface area contributed by atoms with Crippen LogP contribution < -0.4 is 0 Å². The number of hydrogen-bond acceptors (Lipinski definition) is 2. The first-order chi connectivity index (χ1) is 13.0. The molecular formula is C25H40O2. The molecule has 0 aromatic carbocycles. The Morgan fingerprint density at radius 2 is 1.67 bits per heavy atom. The predicted molar refractivity (Wildman–Crippen MR) is 109 cm³/mol. The van der Waals surface area contributed by atoms with E-state index in [1.165, 1.54) is 64.2 Å². The summed E-state index contributed by atoms with van der Waals surface area (Å²) >= 11 is 0. The zero-order chi connectivity index (χ0) is 18.7. The van der Waals surface area contributed by atoms with Crippen LogP contribution in [0.1, 0.15) is 85.0 Å². The first-order valence-corrected chi connectivity index (χ1v) is 11.9. The van der Waals surface area contributed by atoms with Gasteiger partial charge < -0.3 is 9.47 Å². The molecule has 1 aliphatic heterocycles. The monoisotopic (exact) mass is 372 g/mol. The van der Waals surface area contributed by atoms with E-state index >= 15 is 0 Å². The molecule has 5 fully saturated rings. The van der Waals surface area contributed by atoms with Crippen molar-refractivity contribution in [3.05, 3.63) is 12.2 Å². The van der Waals surface area contributed by atoms with Gasteiger partial charge in [0, 0.05) is 12.3 Å². The van der Waals surface area contributed by atoms with Gasteiger partial charge in [0.1, 0.15) is 0 Å². The third-order valence-electron chi connectivity index (χ3n) is 10.2. The van der Waals surface area contributed by atoms with Crippen molar-refractivity contribution in [2.45, 2.75) is 90.8 Å². The molecule has 0 N–H and O–H groups in total. The predicted octanol–water partition coefficient (Wildman–Crippen LogP) is 6.35. The van der Waals surface area contributed by atoms with Gasteiger partial charge in [0.2, 0.25) is 0 Å². The number of rotatable bonds is 2. The Kier molecular flexibility index (Phi) is 4.56. The molecule has 0 aromatic rings. The van der Waals surface area contributed by atoms with Crippen molar-refractivity contribution in [2.75, 3.05) is 13.2 Å². The van der Waals surface area contributed by atoms with Crippen LogP contribution in [0.4, 0.5) is 0 Å². The highest BCUT2D eigenvalue weighted by Gasteiger charge is 2.66. The van der Waals surface area contributed by atoms with Crippen LogP contribution >= 0.6 is 0 Å². The number of fused-ring (bicyclic) bond motifs is 6. The molecule has 5 rings (SSSR count). The fraction of sp³-hybridized carbons (Fsp3) is 0.920. The van der Waals surface area contributed by atoms with Gasteiger partial charge in [-0.3, -0.25) is 0 Å². The third kappa shape index (κ3) is 2.58. The van der Waals surface area contributed by atoms with Crippen LogP contribution in [-0.4, -0.2) is 19.0 Å². The fourth-order valence-electron chi connectivity index (χ4n) is 8.97. The standard InChI is InChI=1S/C25H40O2/c1-4-5-8-18-10-11-20-19-17-25(26-15-16-27-25)22-9-6-7-13-24(22,3)21(19)12-14-23(18,20)2/h4-5,18-22H,6-17H2,1-3H3/b5-4-. The molecule has 5 aliphatic rings. The quantitative estimate of drug-likeness (QED) is 0.525. The van der Waals surface area contributed by atoms with E-state index in [4.69, 9.17) is 9.47 Å². The van der Waals surface area contributed by atoms with Crippen molar-refractivity contribution < 1.29 is 9.47 Å². The highest BCUT2D eigenvalue weighted by Crippen LogP contribution is 2.70. The zero-order valence-electron chi connectivity index (χ0n) is 17.8. The van der Waals surface area contributed by atoms with Crippen molar-refractivity contribution in [2.24, 2.45) is 40.4 Å². The van der Waals surface area contributed by atoms with Crippen LogP contribution in [-0.2, 0) is 9.47 Å². The summed E-state index contributed by atoms with van der Waals surface area (Å²) in [6.07, 6.45) is 18.5. The van der Waals surface area contributed by atoms with Gasteiger partial charge in [-0.25, -0.2) is 0 Å². The van der Waals surface area contributed by atoms with Crippen molar-refractivity contribution in [3.8, 4) is 0 Å². The molecule has 0 radical (unpaired) electrons. The van der Waals surface area contributed by atoms with E-state index < -0.39 is 0 Å². The third-order valence-corrected chi connectivity index (χ3v) is 10.2. The van der Waals surface area contributed by atoms with Crippen LogP contribution in [0.15, 0.2) is 12.2 Å². The molecule has 2 nitrogen and oxygen atoms in total. The van der Waals surface area contributed by atoms with Gasteiger partial charge in [-0.15, -0.1) is 0 Å². The summed E-state index contributed by atoms with van der Waals surface area (Å²) in [6, 6.07) is 0. The van der Waals surface area contributed by atoms with Gasteiger partial charge in [0.25, 0.3) is 0 Å². The molecule has 4 saturated carbocycles. The average molecular weight is 373 g/mol. The minimum Gasteiger partial charge on any atom is -0.347 e. The lowest BCUT2D eigenvalue weighted by atomic mass is 9.43. The number of allylic oxidation sites excluding steroid dienone is 2. The summed E-state index contributed by atoms with van der Waals surface area (Å²) in [7, 11) is 0. The minimum absolute atomic E-state index is 0.240. The van der Waals surface area contributed by atoms with Crippen LogP contribution in [0, 0.1) is 40.4 Å². The molecule has 7 atom stereocenters. The molecule has 7 unspecified atom stereocenters. The summed E-state index contributed by atoms with van der Waals surface area (Å²) in [5.74, 6) is 3.88. The second-order valence-corrected chi connectivity index (χ2v) is 11.0. The molecule has 2 heteroatoms. The van der Waals surface area contributed by atoms with Gasteiger partial charge in [0.15, 0.2) is 5.79 Å². The average Bonchev–Trinajstić information content (AvgIpc) is 3.25. The highest BCUT2D eigenvalue weighted by molar-refractivity contribution is 5.13. The van der Waals surface area contributed by atoms with Crippen LogP contribution in [0.3, 0.4) is 0 Å². The van der Waals surface area contributed by atoms with Gasteiger partial charge in [-0.05, 0) is 86.4 Å². The van der Waals surface area contributed by atoms with Gasteiger partial charge >= 0.3 is 0 Å². The fourth-order valence-corrected chi connectivity index (χ4v) is 8.97. The Bertz CT molecular complexity index is 591. The van der Waals surface area contributed by atoms with Crippen LogP contribution in [0.25, 0.3) is 0 Å². The molecule has 0 bridgehead atoms. The zero-order valence-corrected chi connectivity index (χ0v) is 17.8. The van der Waals surface area contributed by atoms with Crippen LogP contribution in [0.5, 0.6) is 0 Å². The van der Waals surface area contributed by atoms with Gasteiger partial charge in [0.05, 0.1) is 13.2 Å². The largest absolute Gasteiger partial charge is 0.347 e. The molecule has 4 aliphatic carbocycles. The Morgan fingerprint density at radius 1 is 0.889 bits per heavy atom. The Balaban J connectivity index is 1.49. The van der Waals surface area contributed by atoms with Crippen molar-refractivity contribution in [1.82, 2.24) is 0 Å². The maximum absolute atomic E-state index is 6.50. The molecule has 152 valence electrons. The molecule has 0 amide bonds. The number of hydrogen-bond donors (Lipinski definition) is 0. The van der Waals surface area contributed by atoms with Crippen LogP contribution in [0.2, 0.25) is 0 Å². The molecule has 1 heterocycles. The Labute approximate surface area is 166 Å². The van der Waals surface area contributed by atoms with E-state index in [1.807, 2.05) is 0 Å². The molecule has 1 saturated heterocycles. The van der Waals surface area contributed by atoms with E-state index in [9.17, 15) is 0 Å². The van der Waals surface area contributed by atoms with Crippen molar-refractivity contribution >= 4 is 0 Å². The Morgan fingerprint density at radius 3 is 2.44 bits per heavy atom. The lowest BCUT2D eigenvalue weighted by Gasteiger charge is -2.64. The van der Waals surface area contributed by atoms with Gasteiger partial charge in [-0.2, -0.15) is 0 Å². The smallest absolute Gasteiger partial charge is 0.172 e. The van der Waals surface area contributed by atoms with E-state index in [0.29, 0.717) is 16.7 Å². The summed E-state index contributed by atoms with van der Waals surface area (Å²) < 4.78 is 13.0. The SMILES string of the molecule is C/C=C\CC1CCC2C3CC4(OCCO4)C4CCCCC4(C)C3CCC12C. The van der Waals surface area contributed by atoms with E-state index in [2.05, 4.69) is 32.9 Å². The maximum Gasteiger partial charge on any atom is 0.172 e. The lowest BCUT2D eigenvalue weighted by molar-refractivity contribution is -0.291. The normalized spacial score (nSPS) is 51.3. The summed E-state index contributed by atoms with van der Waals surface area (Å²) in [5, 5.41) is 0.